The van der Waals surface area contributed by atoms with Crippen molar-refractivity contribution in [1.82, 2.24) is 0 Å². The molecule has 0 saturated heterocycles. The Labute approximate surface area is 119 Å². The van der Waals surface area contributed by atoms with Gasteiger partial charge in [0.25, 0.3) is 0 Å². The third-order valence-electron chi connectivity index (χ3n) is 3.15. The van der Waals surface area contributed by atoms with E-state index in [0.29, 0.717) is 11.7 Å². The molecule has 106 valence electrons. The maximum atomic E-state index is 11.7. The van der Waals surface area contributed by atoms with E-state index in [1.54, 1.807) is 0 Å². The number of carbonyl (C=O) groups excluding carboxylic acids is 1. The van der Waals surface area contributed by atoms with Crippen molar-refractivity contribution in [2.24, 2.45) is 5.92 Å². The Kier molecular flexibility index (Phi) is 4.61. The molecule has 0 heterocycles. The van der Waals surface area contributed by atoms with Gasteiger partial charge in [-0.15, -0.1) is 0 Å². The summed E-state index contributed by atoms with van der Waals surface area (Å²) < 4.78 is 10.3. The first kappa shape index (κ1) is 14.4. The highest BCUT2D eigenvalue weighted by atomic mass is 16.7. The van der Waals surface area contributed by atoms with Crippen molar-refractivity contribution >= 4 is 11.9 Å². The molecule has 20 heavy (non-hydrogen) atoms. The molecule has 0 radical (unpaired) electrons. The Morgan fingerprint density at radius 1 is 1.40 bits per heavy atom. The number of rotatable bonds is 5. The molecule has 0 fully saturated rings. The van der Waals surface area contributed by atoms with Crippen molar-refractivity contribution in [1.29, 1.82) is 0 Å². The van der Waals surface area contributed by atoms with E-state index in [1.807, 2.05) is 18.2 Å². The van der Waals surface area contributed by atoms with Crippen LogP contribution < -0.4 is 0 Å². The standard InChI is InChI=1S/C17H20O3/c1-4-9-19-17(18)20-16-14(10-12(2)3)11-13-7-5-6-8-15(13)16/h4-8,12H,1,9-11H2,2-3H3. The van der Waals surface area contributed by atoms with Crippen molar-refractivity contribution in [3.8, 4) is 0 Å². The first-order valence-electron chi connectivity index (χ1n) is 6.87. The van der Waals surface area contributed by atoms with Crippen molar-refractivity contribution in [3.05, 3.63) is 53.6 Å². The summed E-state index contributed by atoms with van der Waals surface area (Å²) in [5, 5.41) is 0. The zero-order valence-electron chi connectivity index (χ0n) is 12.0. The first-order chi connectivity index (χ1) is 9.61. The third kappa shape index (κ3) is 3.29. The molecule has 0 atom stereocenters. The molecule has 2 rings (SSSR count). The lowest BCUT2D eigenvalue weighted by Gasteiger charge is -2.10. The number of hydrogen-bond acceptors (Lipinski definition) is 3. The van der Waals surface area contributed by atoms with Gasteiger partial charge in [-0.2, -0.15) is 0 Å². The van der Waals surface area contributed by atoms with Gasteiger partial charge in [0.1, 0.15) is 12.4 Å². The monoisotopic (exact) mass is 272 g/mol. The van der Waals surface area contributed by atoms with Crippen LogP contribution in [0.1, 0.15) is 31.4 Å². The Morgan fingerprint density at radius 2 is 2.15 bits per heavy atom. The molecule has 0 amide bonds. The summed E-state index contributed by atoms with van der Waals surface area (Å²) in [5.41, 5.74) is 3.37. The van der Waals surface area contributed by atoms with E-state index in [4.69, 9.17) is 9.47 Å². The van der Waals surface area contributed by atoms with Crippen LogP contribution in [0.25, 0.3) is 5.76 Å². The van der Waals surface area contributed by atoms with E-state index in [9.17, 15) is 4.79 Å². The second-order valence-electron chi connectivity index (χ2n) is 5.32. The average Bonchev–Trinajstić information content (AvgIpc) is 2.74. The van der Waals surface area contributed by atoms with Gasteiger partial charge in [-0.1, -0.05) is 50.8 Å². The fourth-order valence-electron chi connectivity index (χ4n) is 2.42. The van der Waals surface area contributed by atoms with Crippen LogP contribution in [-0.2, 0) is 15.9 Å². The molecule has 0 saturated carbocycles. The van der Waals surface area contributed by atoms with Crippen LogP contribution in [0.4, 0.5) is 4.79 Å². The summed E-state index contributed by atoms with van der Waals surface area (Å²) >= 11 is 0. The van der Waals surface area contributed by atoms with Gasteiger partial charge in [0.05, 0.1) is 0 Å². The van der Waals surface area contributed by atoms with Gasteiger partial charge in [-0.3, -0.25) is 0 Å². The molecule has 0 N–H and O–H groups in total. The van der Waals surface area contributed by atoms with E-state index in [0.717, 1.165) is 24.0 Å². The van der Waals surface area contributed by atoms with Crippen LogP contribution in [0, 0.1) is 5.92 Å². The Bertz CT molecular complexity index is 541. The number of ether oxygens (including phenoxy) is 2. The van der Waals surface area contributed by atoms with Crippen LogP contribution in [0.5, 0.6) is 0 Å². The summed E-state index contributed by atoms with van der Waals surface area (Å²) in [4.78, 5) is 11.7. The molecule has 3 heteroatoms. The predicted molar refractivity (Wildman–Crippen MR) is 79.2 cm³/mol. The first-order valence-corrected chi connectivity index (χ1v) is 6.87. The lowest BCUT2D eigenvalue weighted by atomic mass is 10.0. The number of allylic oxidation sites excluding steroid dienone is 1. The van der Waals surface area contributed by atoms with Gasteiger partial charge in [-0.05, 0) is 29.9 Å². The van der Waals surface area contributed by atoms with Crippen LogP contribution in [0.2, 0.25) is 0 Å². The Balaban J connectivity index is 2.22. The Morgan fingerprint density at radius 3 is 2.85 bits per heavy atom. The fraction of sp³-hybridized carbons (Fsp3) is 0.353. The number of carbonyl (C=O) groups is 1. The molecule has 0 unspecified atom stereocenters. The van der Waals surface area contributed by atoms with Crippen molar-refractivity contribution < 1.29 is 14.3 Å². The maximum Gasteiger partial charge on any atom is 0.514 e. The average molecular weight is 272 g/mol. The summed E-state index contributed by atoms with van der Waals surface area (Å²) in [6, 6.07) is 8.01. The molecule has 0 aliphatic heterocycles. The van der Waals surface area contributed by atoms with Crippen molar-refractivity contribution in [2.75, 3.05) is 6.61 Å². The molecule has 0 aromatic heterocycles. The zero-order chi connectivity index (χ0) is 14.5. The fourth-order valence-corrected chi connectivity index (χ4v) is 2.42. The summed E-state index contributed by atoms with van der Waals surface area (Å²) in [7, 11) is 0. The minimum Gasteiger partial charge on any atom is -0.430 e. The highest BCUT2D eigenvalue weighted by Crippen LogP contribution is 2.36. The third-order valence-corrected chi connectivity index (χ3v) is 3.15. The highest BCUT2D eigenvalue weighted by molar-refractivity contribution is 5.79. The van der Waals surface area contributed by atoms with Crippen molar-refractivity contribution in [3.63, 3.8) is 0 Å². The quantitative estimate of drug-likeness (QED) is 0.591. The topological polar surface area (TPSA) is 35.5 Å². The Hall–Kier alpha value is -2.03. The summed E-state index contributed by atoms with van der Waals surface area (Å²) in [6.07, 6.45) is 2.61. The van der Waals surface area contributed by atoms with E-state index in [2.05, 4.69) is 26.5 Å². The predicted octanol–water partition coefficient (Wildman–Crippen LogP) is 4.34. The van der Waals surface area contributed by atoms with E-state index < -0.39 is 6.16 Å². The second kappa shape index (κ2) is 6.42. The normalized spacial score (nSPS) is 13.3. The second-order valence-corrected chi connectivity index (χ2v) is 5.32. The molecule has 1 aromatic carbocycles. The number of fused-ring (bicyclic) bond motifs is 1. The lowest BCUT2D eigenvalue weighted by molar-refractivity contribution is 0.100. The van der Waals surface area contributed by atoms with Gasteiger partial charge in [0.2, 0.25) is 0 Å². The number of benzene rings is 1. The molecular formula is C17H20O3. The van der Waals surface area contributed by atoms with Gasteiger partial charge >= 0.3 is 6.16 Å². The van der Waals surface area contributed by atoms with Gasteiger partial charge in [-0.25, -0.2) is 4.79 Å². The minimum atomic E-state index is -0.669. The van der Waals surface area contributed by atoms with Crippen LogP contribution in [0.3, 0.4) is 0 Å². The molecule has 3 nitrogen and oxygen atoms in total. The molecule has 0 spiro atoms. The molecule has 1 aliphatic carbocycles. The van der Waals surface area contributed by atoms with E-state index >= 15 is 0 Å². The maximum absolute atomic E-state index is 11.7. The molecule has 1 aliphatic rings. The van der Waals surface area contributed by atoms with E-state index in [1.165, 1.54) is 11.6 Å². The van der Waals surface area contributed by atoms with Gasteiger partial charge in [0, 0.05) is 5.56 Å². The lowest BCUT2D eigenvalue weighted by Crippen LogP contribution is -2.07. The van der Waals surface area contributed by atoms with Crippen LogP contribution >= 0.6 is 0 Å². The van der Waals surface area contributed by atoms with Gasteiger partial charge in [0.15, 0.2) is 0 Å². The molecule has 1 aromatic rings. The summed E-state index contributed by atoms with van der Waals surface area (Å²) in [5.74, 6) is 1.19. The zero-order valence-corrected chi connectivity index (χ0v) is 12.0. The summed E-state index contributed by atoms with van der Waals surface area (Å²) in [6.45, 7) is 7.98. The van der Waals surface area contributed by atoms with E-state index in [-0.39, 0.29) is 6.61 Å². The molecular weight excluding hydrogens is 252 g/mol. The highest BCUT2D eigenvalue weighted by Gasteiger charge is 2.25. The SMILES string of the molecule is C=CCOC(=O)OC1=C(CC(C)C)Cc2ccccc21. The van der Waals surface area contributed by atoms with Crippen LogP contribution in [0.15, 0.2) is 42.5 Å². The van der Waals surface area contributed by atoms with Crippen molar-refractivity contribution in [2.45, 2.75) is 26.7 Å². The smallest absolute Gasteiger partial charge is 0.430 e. The number of hydrogen-bond donors (Lipinski definition) is 0. The molecule has 0 bridgehead atoms. The van der Waals surface area contributed by atoms with Gasteiger partial charge < -0.3 is 9.47 Å². The van der Waals surface area contributed by atoms with Crippen LogP contribution in [-0.4, -0.2) is 12.8 Å². The largest absolute Gasteiger partial charge is 0.514 e. The minimum absolute atomic E-state index is 0.160.